The molecule has 0 spiro atoms. The second kappa shape index (κ2) is 11.0. The van der Waals surface area contributed by atoms with Crippen molar-refractivity contribution in [3.8, 4) is 0 Å². The fraction of sp³-hybridized carbons (Fsp3) is 0.533. The van der Waals surface area contributed by atoms with E-state index in [1.165, 1.54) is 19.4 Å². The van der Waals surface area contributed by atoms with E-state index >= 15 is 0 Å². The Morgan fingerprint density at radius 2 is 1.86 bits per heavy atom. The van der Waals surface area contributed by atoms with Gasteiger partial charge < -0.3 is 42.0 Å². The zero-order chi connectivity index (χ0) is 21.3. The van der Waals surface area contributed by atoms with E-state index < -0.39 is 61.1 Å². The number of carbonyl (C=O) groups excluding carboxylic acids is 3. The van der Waals surface area contributed by atoms with Crippen molar-refractivity contribution in [2.75, 3.05) is 13.2 Å². The number of aromatic amines is 1. The number of amides is 3. The van der Waals surface area contributed by atoms with E-state index in [0.29, 0.717) is 5.69 Å². The fourth-order valence-corrected chi connectivity index (χ4v) is 2.18. The molecule has 0 bridgehead atoms. The second-order valence-corrected chi connectivity index (χ2v) is 5.91. The molecule has 1 aromatic heterocycles. The van der Waals surface area contributed by atoms with E-state index in [2.05, 4.69) is 25.9 Å². The van der Waals surface area contributed by atoms with Crippen LogP contribution in [0.1, 0.15) is 12.6 Å². The monoisotopic (exact) mass is 400 g/mol. The van der Waals surface area contributed by atoms with Crippen LogP contribution in [0.5, 0.6) is 0 Å². The number of carboxylic acid groups (broad SMARTS) is 1. The maximum atomic E-state index is 12.4. The number of hydrogen-bond acceptors (Lipinski definition) is 8. The molecule has 1 heterocycles. The summed E-state index contributed by atoms with van der Waals surface area (Å²) in [7, 11) is 0. The van der Waals surface area contributed by atoms with Gasteiger partial charge in [0.1, 0.15) is 18.1 Å². The largest absolute Gasteiger partial charge is 0.480 e. The zero-order valence-electron chi connectivity index (χ0n) is 15.1. The topological polar surface area (TPSA) is 220 Å². The summed E-state index contributed by atoms with van der Waals surface area (Å²) < 4.78 is 0. The maximum Gasteiger partial charge on any atom is 0.326 e. The first-order chi connectivity index (χ1) is 13.2. The van der Waals surface area contributed by atoms with Gasteiger partial charge in [-0.25, -0.2) is 9.78 Å². The molecule has 13 heteroatoms. The molecule has 0 aromatic carbocycles. The highest BCUT2D eigenvalue weighted by molar-refractivity contribution is 5.94. The molecule has 1 aromatic rings. The van der Waals surface area contributed by atoms with Gasteiger partial charge in [0.25, 0.3) is 0 Å². The molecule has 3 amide bonds. The molecule has 4 atom stereocenters. The molecule has 156 valence electrons. The van der Waals surface area contributed by atoms with Crippen molar-refractivity contribution in [2.45, 2.75) is 37.6 Å². The Balaban J connectivity index is 2.82. The molecule has 0 saturated carbocycles. The number of carbonyl (C=O) groups is 4. The Kier molecular flexibility index (Phi) is 9.01. The molecule has 0 fully saturated rings. The van der Waals surface area contributed by atoms with Gasteiger partial charge in [0.05, 0.1) is 25.6 Å². The fourth-order valence-electron chi connectivity index (χ4n) is 2.18. The number of aliphatic carboxylic acids is 1. The summed E-state index contributed by atoms with van der Waals surface area (Å²) >= 11 is 0. The molecule has 4 unspecified atom stereocenters. The number of nitrogens with two attached hydrogens (primary N) is 1. The lowest BCUT2D eigenvalue weighted by molar-refractivity contribution is -0.143. The minimum Gasteiger partial charge on any atom is -0.480 e. The van der Waals surface area contributed by atoms with Crippen molar-refractivity contribution in [3.05, 3.63) is 18.2 Å². The summed E-state index contributed by atoms with van der Waals surface area (Å²) in [6.07, 6.45) is 1.24. The summed E-state index contributed by atoms with van der Waals surface area (Å²) in [5, 5.41) is 34.9. The van der Waals surface area contributed by atoms with Crippen molar-refractivity contribution in [1.29, 1.82) is 0 Å². The van der Waals surface area contributed by atoms with Crippen molar-refractivity contribution in [1.82, 2.24) is 25.9 Å². The first-order valence-corrected chi connectivity index (χ1v) is 8.28. The van der Waals surface area contributed by atoms with Crippen LogP contribution in [0.15, 0.2) is 12.5 Å². The van der Waals surface area contributed by atoms with E-state index in [-0.39, 0.29) is 6.42 Å². The van der Waals surface area contributed by atoms with Gasteiger partial charge in [0, 0.05) is 18.3 Å². The van der Waals surface area contributed by atoms with Crippen LogP contribution in [0, 0.1) is 0 Å². The van der Waals surface area contributed by atoms with Crippen LogP contribution >= 0.6 is 0 Å². The Hall–Kier alpha value is -3.03. The van der Waals surface area contributed by atoms with E-state index in [9.17, 15) is 34.5 Å². The van der Waals surface area contributed by atoms with Gasteiger partial charge >= 0.3 is 5.97 Å². The third kappa shape index (κ3) is 6.94. The number of aliphatic hydroxyl groups excluding tert-OH is 2. The molecule has 1 rings (SSSR count). The van der Waals surface area contributed by atoms with Crippen molar-refractivity contribution in [3.63, 3.8) is 0 Å². The van der Waals surface area contributed by atoms with Crippen LogP contribution in [0.25, 0.3) is 0 Å². The van der Waals surface area contributed by atoms with Crippen LogP contribution in [-0.2, 0) is 25.6 Å². The lowest BCUT2D eigenvalue weighted by Gasteiger charge is -2.25. The minimum absolute atomic E-state index is 0.104. The minimum atomic E-state index is -1.53. The summed E-state index contributed by atoms with van der Waals surface area (Å²) in [6, 6.07) is -4.28. The molecule has 0 aliphatic rings. The van der Waals surface area contributed by atoms with Gasteiger partial charge in [-0.15, -0.1) is 0 Å². The van der Waals surface area contributed by atoms with Crippen molar-refractivity contribution < 1.29 is 34.5 Å². The Labute approximate surface area is 159 Å². The van der Waals surface area contributed by atoms with Gasteiger partial charge in [-0.2, -0.15) is 0 Å². The number of aliphatic hydroxyl groups is 2. The summed E-state index contributed by atoms with van der Waals surface area (Å²) in [4.78, 5) is 53.7. The Bertz CT molecular complexity index is 678. The highest BCUT2D eigenvalue weighted by Gasteiger charge is 2.32. The average Bonchev–Trinajstić information content (AvgIpc) is 3.15. The third-order valence-corrected chi connectivity index (χ3v) is 3.68. The van der Waals surface area contributed by atoms with Crippen LogP contribution in [0.3, 0.4) is 0 Å². The van der Waals surface area contributed by atoms with Crippen molar-refractivity contribution in [2.24, 2.45) is 5.73 Å². The molecular weight excluding hydrogens is 376 g/mol. The Morgan fingerprint density at radius 3 is 2.32 bits per heavy atom. The molecular formula is C15H24N6O7. The average molecular weight is 400 g/mol. The Morgan fingerprint density at radius 1 is 1.18 bits per heavy atom. The lowest BCUT2D eigenvalue weighted by atomic mass is 10.1. The summed E-state index contributed by atoms with van der Waals surface area (Å²) in [5.41, 5.74) is 5.57. The molecule has 0 aliphatic heterocycles. The van der Waals surface area contributed by atoms with E-state index in [1.54, 1.807) is 0 Å². The number of rotatable bonds is 11. The van der Waals surface area contributed by atoms with Crippen LogP contribution in [-0.4, -0.2) is 86.4 Å². The van der Waals surface area contributed by atoms with Crippen LogP contribution in [0.4, 0.5) is 0 Å². The number of imidazole rings is 1. The SMILES string of the molecule is CC(O)C(NC(=O)C(CO)NC(=O)CN)C(=O)NC(Cc1cnc[nH]1)C(=O)O. The molecule has 0 radical (unpaired) electrons. The number of carboxylic acids is 1. The molecule has 0 aliphatic carbocycles. The smallest absolute Gasteiger partial charge is 0.326 e. The number of hydrogen-bond donors (Lipinski definition) is 8. The lowest BCUT2D eigenvalue weighted by Crippen LogP contribution is -2.60. The number of aromatic nitrogens is 2. The van der Waals surface area contributed by atoms with Gasteiger partial charge in [0.2, 0.25) is 17.7 Å². The molecule has 13 nitrogen and oxygen atoms in total. The molecule has 0 saturated heterocycles. The third-order valence-electron chi connectivity index (χ3n) is 3.68. The van der Waals surface area contributed by atoms with E-state index in [0.717, 1.165) is 0 Å². The first kappa shape index (κ1) is 23.0. The van der Waals surface area contributed by atoms with E-state index in [4.69, 9.17) is 5.73 Å². The number of nitrogens with one attached hydrogen (secondary N) is 4. The highest BCUT2D eigenvalue weighted by atomic mass is 16.4. The van der Waals surface area contributed by atoms with E-state index in [1.807, 2.05) is 0 Å². The van der Waals surface area contributed by atoms with Gasteiger partial charge in [-0.1, -0.05) is 0 Å². The molecule has 9 N–H and O–H groups in total. The van der Waals surface area contributed by atoms with Gasteiger partial charge in [-0.05, 0) is 6.92 Å². The summed E-state index contributed by atoms with van der Waals surface area (Å²) in [6.45, 7) is 0.0168. The van der Waals surface area contributed by atoms with Crippen LogP contribution < -0.4 is 21.7 Å². The highest BCUT2D eigenvalue weighted by Crippen LogP contribution is 2.02. The van der Waals surface area contributed by atoms with Crippen LogP contribution in [0.2, 0.25) is 0 Å². The normalized spacial score (nSPS) is 15.0. The second-order valence-electron chi connectivity index (χ2n) is 5.91. The van der Waals surface area contributed by atoms with Gasteiger partial charge in [0.15, 0.2) is 0 Å². The number of nitrogens with zero attached hydrogens (tertiary/aromatic N) is 1. The summed E-state index contributed by atoms with van der Waals surface area (Å²) in [5.74, 6) is -3.96. The predicted octanol–water partition coefficient (Wildman–Crippen LogP) is -4.18. The first-order valence-electron chi connectivity index (χ1n) is 8.28. The quantitative estimate of drug-likeness (QED) is 0.180. The predicted molar refractivity (Wildman–Crippen MR) is 93.5 cm³/mol. The zero-order valence-corrected chi connectivity index (χ0v) is 15.1. The molecule has 28 heavy (non-hydrogen) atoms. The van der Waals surface area contributed by atoms with Crippen molar-refractivity contribution >= 4 is 23.7 Å². The van der Waals surface area contributed by atoms with Gasteiger partial charge in [-0.3, -0.25) is 14.4 Å². The maximum absolute atomic E-state index is 12.4. The number of H-pyrrole nitrogens is 1. The standard InChI is InChI=1S/C15H24N6O7/c1-7(23)12(21-13(25)10(5-22)19-11(24)3-16)14(26)20-9(15(27)28)2-8-4-17-6-18-8/h4,6-7,9-10,12,22-23H,2-3,5,16H2,1H3,(H,17,18)(H,19,24)(H,20,26)(H,21,25)(H,27,28).